The Balaban J connectivity index is 2.10. The summed E-state index contributed by atoms with van der Waals surface area (Å²) < 4.78 is 1.19. The van der Waals surface area contributed by atoms with Crippen LogP contribution in [0.2, 0.25) is 0 Å². The Hall–Kier alpha value is -0.640. The highest BCUT2D eigenvalue weighted by Gasteiger charge is 2.14. The van der Waals surface area contributed by atoms with Gasteiger partial charge >= 0.3 is 0 Å². The molecule has 2 aromatic rings. The molecule has 1 aromatic heterocycles. The molecule has 0 radical (unpaired) electrons. The van der Waals surface area contributed by atoms with Crippen LogP contribution >= 0.6 is 27.3 Å². The molecule has 0 amide bonds. The van der Waals surface area contributed by atoms with E-state index in [1.165, 1.54) is 25.4 Å². The molecule has 3 heteroatoms. The van der Waals surface area contributed by atoms with Crippen molar-refractivity contribution < 1.29 is 0 Å². The second-order valence-electron chi connectivity index (χ2n) is 5.11. The Morgan fingerprint density at radius 3 is 2.37 bits per heavy atom. The van der Waals surface area contributed by atoms with Crippen LogP contribution in [0.5, 0.6) is 0 Å². The number of halogens is 1. The maximum Gasteiger partial charge on any atom is 0.0701 e. The fraction of sp³-hybridized carbons (Fsp3) is 0.375. The summed E-state index contributed by atoms with van der Waals surface area (Å²) in [5.74, 6) is 0. The van der Waals surface area contributed by atoms with Crippen molar-refractivity contribution in [1.29, 1.82) is 0 Å². The van der Waals surface area contributed by atoms with E-state index in [0.717, 1.165) is 0 Å². The van der Waals surface area contributed by atoms with Crippen molar-refractivity contribution >= 4 is 27.3 Å². The lowest BCUT2D eigenvalue weighted by Gasteiger charge is -2.21. The summed E-state index contributed by atoms with van der Waals surface area (Å²) in [5.41, 5.74) is 4.07. The zero-order chi connectivity index (χ0) is 14.0. The summed E-state index contributed by atoms with van der Waals surface area (Å²) in [6.07, 6.45) is 0. The largest absolute Gasteiger partial charge is 0.303 e. The Bertz CT molecular complexity index is 562. The lowest BCUT2D eigenvalue weighted by molar-refractivity contribution is 0.498. The highest BCUT2D eigenvalue weighted by Crippen LogP contribution is 2.29. The second-order valence-corrected chi connectivity index (χ2v) is 7.61. The van der Waals surface area contributed by atoms with Gasteiger partial charge in [0.1, 0.15) is 0 Å². The molecular weight excluding hydrogens is 318 g/mol. The van der Waals surface area contributed by atoms with Gasteiger partial charge in [-0.15, -0.1) is 11.3 Å². The van der Waals surface area contributed by atoms with Crippen molar-refractivity contribution in [2.75, 3.05) is 0 Å². The van der Waals surface area contributed by atoms with E-state index in [1.54, 1.807) is 11.3 Å². The number of thiophene rings is 1. The summed E-state index contributed by atoms with van der Waals surface area (Å²) in [6, 6.07) is 11.7. The summed E-state index contributed by atoms with van der Waals surface area (Å²) in [4.78, 5) is 1.36. The fourth-order valence-corrected chi connectivity index (χ4v) is 3.85. The quantitative estimate of drug-likeness (QED) is 0.772. The van der Waals surface area contributed by atoms with Crippen molar-refractivity contribution in [3.63, 3.8) is 0 Å². The first kappa shape index (κ1) is 14.8. The normalized spacial score (nSPS) is 14.4. The number of nitrogens with one attached hydrogen (secondary N) is 1. The van der Waals surface area contributed by atoms with Crippen LogP contribution in [0.1, 0.15) is 47.5 Å². The predicted molar refractivity (Wildman–Crippen MR) is 87.9 cm³/mol. The molecule has 2 unspecified atom stereocenters. The van der Waals surface area contributed by atoms with Crippen molar-refractivity contribution in [3.8, 4) is 0 Å². The molecular formula is C16H20BrNS. The zero-order valence-corrected chi connectivity index (χ0v) is 14.2. The first-order valence-electron chi connectivity index (χ1n) is 6.56. The van der Waals surface area contributed by atoms with E-state index >= 15 is 0 Å². The third kappa shape index (κ3) is 3.68. The molecule has 0 aliphatic rings. The minimum atomic E-state index is 0.358. The Morgan fingerprint density at radius 2 is 1.79 bits per heavy atom. The van der Waals surface area contributed by atoms with E-state index in [4.69, 9.17) is 0 Å². The van der Waals surface area contributed by atoms with E-state index in [9.17, 15) is 0 Å². The summed E-state index contributed by atoms with van der Waals surface area (Å²) in [6.45, 7) is 8.78. The molecule has 1 nitrogen and oxygen atoms in total. The van der Waals surface area contributed by atoms with Gasteiger partial charge in [0, 0.05) is 17.0 Å². The maximum atomic E-state index is 3.68. The van der Waals surface area contributed by atoms with Gasteiger partial charge in [0.05, 0.1) is 3.79 Å². The third-order valence-corrected chi connectivity index (χ3v) is 5.22. The minimum absolute atomic E-state index is 0.358. The van der Waals surface area contributed by atoms with Gasteiger partial charge in [-0.3, -0.25) is 0 Å². The molecule has 0 bridgehead atoms. The number of benzene rings is 1. The first-order valence-corrected chi connectivity index (χ1v) is 8.16. The zero-order valence-electron chi connectivity index (χ0n) is 11.8. The smallest absolute Gasteiger partial charge is 0.0701 e. The predicted octanol–water partition coefficient (Wildman–Crippen LogP) is 5.54. The van der Waals surface area contributed by atoms with E-state index in [0.29, 0.717) is 12.1 Å². The molecule has 102 valence electrons. The number of aryl methyl sites for hydroxylation is 2. The molecule has 1 N–H and O–H groups in total. The lowest BCUT2D eigenvalue weighted by atomic mass is 9.99. The van der Waals surface area contributed by atoms with Gasteiger partial charge in [-0.1, -0.05) is 23.8 Å². The molecule has 1 aromatic carbocycles. The molecule has 2 rings (SSSR count). The van der Waals surface area contributed by atoms with Crippen LogP contribution < -0.4 is 5.32 Å². The number of hydrogen-bond donors (Lipinski definition) is 1. The van der Waals surface area contributed by atoms with Gasteiger partial charge in [0.25, 0.3) is 0 Å². The van der Waals surface area contributed by atoms with Crippen LogP contribution in [0, 0.1) is 13.8 Å². The number of rotatable bonds is 4. The number of hydrogen-bond acceptors (Lipinski definition) is 2. The molecule has 1 heterocycles. The lowest BCUT2D eigenvalue weighted by Crippen LogP contribution is -2.22. The van der Waals surface area contributed by atoms with Crippen LogP contribution in [0.25, 0.3) is 0 Å². The average Bonchev–Trinajstić information content (AvgIpc) is 2.75. The maximum absolute atomic E-state index is 3.68. The second kappa shape index (κ2) is 6.21. The van der Waals surface area contributed by atoms with Crippen molar-refractivity contribution in [2.45, 2.75) is 39.8 Å². The van der Waals surface area contributed by atoms with Crippen LogP contribution in [0.3, 0.4) is 0 Å². The van der Waals surface area contributed by atoms with E-state index in [1.807, 2.05) is 0 Å². The average molecular weight is 338 g/mol. The van der Waals surface area contributed by atoms with Crippen LogP contribution in [0.4, 0.5) is 0 Å². The molecule has 0 aliphatic heterocycles. The monoisotopic (exact) mass is 337 g/mol. The molecule has 0 fully saturated rings. The SMILES string of the molecule is Cc1ccc(C(C)NC(C)c2ccc(Br)s2)c(C)c1. The van der Waals surface area contributed by atoms with Gasteiger partial charge in [-0.2, -0.15) is 0 Å². The fourth-order valence-electron chi connectivity index (χ4n) is 2.42. The van der Waals surface area contributed by atoms with E-state index < -0.39 is 0 Å². The van der Waals surface area contributed by atoms with Crippen molar-refractivity contribution in [1.82, 2.24) is 5.32 Å². The van der Waals surface area contributed by atoms with Crippen molar-refractivity contribution in [3.05, 3.63) is 55.7 Å². The molecule has 0 spiro atoms. The van der Waals surface area contributed by atoms with E-state index in [-0.39, 0.29) is 0 Å². The molecule has 0 saturated heterocycles. The van der Waals surface area contributed by atoms with Crippen molar-refractivity contribution in [2.24, 2.45) is 0 Å². The van der Waals surface area contributed by atoms with Crippen LogP contribution in [-0.2, 0) is 0 Å². The topological polar surface area (TPSA) is 12.0 Å². The van der Waals surface area contributed by atoms with Gasteiger partial charge in [-0.05, 0) is 66.9 Å². The molecule has 19 heavy (non-hydrogen) atoms. The minimum Gasteiger partial charge on any atom is -0.303 e. The summed E-state index contributed by atoms with van der Waals surface area (Å²) >= 11 is 5.32. The van der Waals surface area contributed by atoms with Gasteiger partial charge in [0.2, 0.25) is 0 Å². The summed E-state index contributed by atoms with van der Waals surface area (Å²) in [7, 11) is 0. The standard InChI is InChI=1S/C16H20BrNS/c1-10-5-6-14(11(2)9-10)12(3)18-13(4)15-7-8-16(17)19-15/h5-9,12-13,18H,1-4H3. The summed E-state index contributed by atoms with van der Waals surface area (Å²) in [5, 5.41) is 3.68. The first-order chi connectivity index (χ1) is 8.97. The van der Waals surface area contributed by atoms with E-state index in [2.05, 4.69) is 79.3 Å². The Kier molecular flexibility index (Phi) is 4.82. The van der Waals surface area contributed by atoms with Crippen LogP contribution in [-0.4, -0.2) is 0 Å². The molecule has 2 atom stereocenters. The third-order valence-electron chi connectivity index (χ3n) is 3.41. The molecule has 0 saturated carbocycles. The highest BCUT2D eigenvalue weighted by atomic mass is 79.9. The van der Waals surface area contributed by atoms with Gasteiger partial charge in [0.15, 0.2) is 0 Å². The van der Waals surface area contributed by atoms with Crippen LogP contribution in [0.15, 0.2) is 34.1 Å². The molecule has 0 aliphatic carbocycles. The van der Waals surface area contributed by atoms with Gasteiger partial charge < -0.3 is 5.32 Å². The van der Waals surface area contributed by atoms with Gasteiger partial charge in [-0.25, -0.2) is 0 Å². The Labute approximate surface area is 128 Å². The Morgan fingerprint density at radius 1 is 1.05 bits per heavy atom. The highest BCUT2D eigenvalue weighted by molar-refractivity contribution is 9.11.